The molecule has 0 unspecified atom stereocenters. The van der Waals surface area contributed by atoms with Crippen LogP contribution < -0.4 is 16.0 Å². The Morgan fingerprint density at radius 2 is 0.769 bits per heavy atom. The molecule has 0 radical (unpaired) electrons. The summed E-state index contributed by atoms with van der Waals surface area (Å²) < 4.78 is 0. The summed E-state index contributed by atoms with van der Waals surface area (Å²) in [6.07, 6.45) is 1.88. The Hall–Kier alpha value is -0.876. The van der Waals surface area contributed by atoms with Gasteiger partial charge in [-0.2, -0.15) is 0 Å². The summed E-state index contributed by atoms with van der Waals surface area (Å²) in [5.41, 5.74) is 0. The molecule has 0 aliphatic rings. The van der Waals surface area contributed by atoms with Gasteiger partial charge in [0.2, 0.25) is 19.2 Å². The van der Waals surface area contributed by atoms with E-state index in [-0.39, 0.29) is 21.7 Å². The predicted molar refractivity (Wildman–Crippen MR) is 45.4 cm³/mol. The predicted octanol–water partition coefficient (Wildman–Crippen LogP) is -1.92. The van der Waals surface area contributed by atoms with Crippen molar-refractivity contribution in [1.29, 1.82) is 0 Å². The number of carbonyl (C=O) groups excluding carboxylic acids is 3. The molecule has 6 nitrogen and oxygen atoms in total. The van der Waals surface area contributed by atoms with Crippen LogP contribution in [0, 0.1) is 0 Å². The minimum Gasteiger partial charge on any atom is -0.362 e. The standard InChI is InChI=1S/3C2H5NO.Ti/c3*1-3-2-4;/h3*2H,1H3,(H,3,4);. The van der Waals surface area contributed by atoms with Crippen LogP contribution in [0.25, 0.3) is 0 Å². The quantitative estimate of drug-likeness (QED) is 0.386. The average Bonchev–Trinajstić information content (AvgIpc) is 2.18. The molecule has 0 saturated carbocycles. The minimum absolute atomic E-state index is 0. The summed E-state index contributed by atoms with van der Waals surface area (Å²) in [7, 11) is 4.69. The van der Waals surface area contributed by atoms with Crippen LogP contribution in [0.5, 0.6) is 0 Å². The van der Waals surface area contributed by atoms with Crippen LogP contribution in [0.4, 0.5) is 0 Å². The first-order valence-corrected chi connectivity index (χ1v) is 3.07. The molecular formula is C6H15N3O3Ti. The monoisotopic (exact) mass is 225 g/mol. The van der Waals surface area contributed by atoms with E-state index in [4.69, 9.17) is 14.4 Å². The van der Waals surface area contributed by atoms with Gasteiger partial charge >= 0.3 is 0 Å². The van der Waals surface area contributed by atoms with E-state index in [2.05, 4.69) is 16.0 Å². The Bertz CT molecular complexity index is 84.1. The van der Waals surface area contributed by atoms with Gasteiger partial charge in [0.05, 0.1) is 0 Å². The van der Waals surface area contributed by atoms with Crippen LogP contribution in [0.3, 0.4) is 0 Å². The molecule has 3 amide bonds. The molecule has 0 aromatic rings. The number of carbonyl (C=O) groups is 3. The number of hydrogen-bond acceptors (Lipinski definition) is 3. The molecule has 13 heavy (non-hydrogen) atoms. The fraction of sp³-hybridized carbons (Fsp3) is 0.500. The maximum Gasteiger partial charge on any atom is 0.206 e. The van der Waals surface area contributed by atoms with Gasteiger partial charge in [-0.15, -0.1) is 0 Å². The smallest absolute Gasteiger partial charge is 0.206 e. The molecule has 0 rings (SSSR count). The van der Waals surface area contributed by atoms with Crippen molar-refractivity contribution in [2.45, 2.75) is 0 Å². The topological polar surface area (TPSA) is 87.3 Å². The number of amides is 3. The van der Waals surface area contributed by atoms with Gasteiger partial charge < -0.3 is 16.0 Å². The summed E-state index contributed by atoms with van der Waals surface area (Å²) in [6, 6.07) is 0. The molecule has 0 aliphatic heterocycles. The molecular weight excluding hydrogens is 210 g/mol. The molecule has 0 saturated heterocycles. The Morgan fingerprint density at radius 3 is 0.769 bits per heavy atom. The van der Waals surface area contributed by atoms with Crippen molar-refractivity contribution < 1.29 is 36.1 Å². The number of hydrogen-bond donors (Lipinski definition) is 3. The first kappa shape index (κ1) is 22.7. The van der Waals surface area contributed by atoms with Gasteiger partial charge in [0, 0.05) is 42.9 Å². The maximum atomic E-state index is 9.06. The van der Waals surface area contributed by atoms with Crippen LogP contribution in [0.15, 0.2) is 0 Å². The fourth-order valence-electron chi connectivity index (χ4n) is 0. The Kier molecular flexibility index (Phi) is 75.9. The van der Waals surface area contributed by atoms with Gasteiger partial charge in [-0.05, 0) is 0 Å². The van der Waals surface area contributed by atoms with Crippen LogP contribution in [0.2, 0.25) is 0 Å². The van der Waals surface area contributed by atoms with E-state index in [0.29, 0.717) is 19.2 Å². The van der Waals surface area contributed by atoms with Crippen molar-refractivity contribution in [3.63, 3.8) is 0 Å². The average molecular weight is 225 g/mol. The Morgan fingerprint density at radius 1 is 0.692 bits per heavy atom. The summed E-state index contributed by atoms with van der Waals surface area (Å²) in [6.45, 7) is 0. The van der Waals surface area contributed by atoms with E-state index in [1.165, 1.54) is 0 Å². The van der Waals surface area contributed by atoms with Crippen molar-refractivity contribution in [2.24, 2.45) is 0 Å². The molecule has 0 heterocycles. The Balaban J connectivity index is -0.0000000450. The van der Waals surface area contributed by atoms with Gasteiger partial charge in [0.25, 0.3) is 0 Å². The third-order valence-corrected chi connectivity index (χ3v) is 0.354. The number of nitrogens with one attached hydrogen (secondary N) is 3. The van der Waals surface area contributed by atoms with Crippen LogP contribution >= 0.6 is 0 Å². The summed E-state index contributed by atoms with van der Waals surface area (Å²) in [5.74, 6) is 0. The van der Waals surface area contributed by atoms with E-state index in [1.54, 1.807) is 21.1 Å². The molecule has 0 fully saturated rings. The summed E-state index contributed by atoms with van der Waals surface area (Å²) >= 11 is 0. The fourth-order valence-corrected chi connectivity index (χ4v) is 0. The van der Waals surface area contributed by atoms with Gasteiger partial charge in [-0.1, -0.05) is 0 Å². The van der Waals surface area contributed by atoms with Crippen molar-refractivity contribution >= 4 is 19.2 Å². The second-order valence-corrected chi connectivity index (χ2v) is 1.22. The molecule has 3 N–H and O–H groups in total. The molecule has 0 aromatic heterocycles. The third kappa shape index (κ3) is 205. The first-order valence-electron chi connectivity index (χ1n) is 3.07. The van der Waals surface area contributed by atoms with Gasteiger partial charge in [-0.3, -0.25) is 14.4 Å². The van der Waals surface area contributed by atoms with E-state index in [1.807, 2.05) is 0 Å². The van der Waals surface area contributed by atoms with Crippen molar-refractivity contribution in [3.05, 3.63) is 0 Å². The molecule has 0 aromatic carbocycles. The molecule has 0 bridgehead atoms. The zero-order valence-electron chi connectivity index (χ0n) is 7.96. The first-order chi connectivity index (χ1) is 5.74. The van der Waals surface area contributed by atoms with Crippen molar-refractivity contribution in [2.75, 3.05) is 21.1 Å². The second kappa shape index (κ2) is 43.4. The zero-order chi connectivity index (χ0) is 10.2. The van der Waals surface area contributed by atoms with Crippen LogP contribution in [-0.4, -0.2) is 40.4 Å². The SMILES string of the molecule is CNC=O.CNC=O.CNC=O.[Ti]. The Labute approximate surface area is 92.7 Å². The third-order valence-electron chi connectivity index (χ3n) is 0.354. The van der Waals surface area contributed by atoms with Crippen LogP contribution in [0.1, 0.15) is 0 Å². The van der Waals surface area contributed by atoms with E-state index in [9.17, 15) is 0 Å². The minimum atomic E-state index is 0. The van der Waals surface area contributed by atoms with E-state index in [0.717, 1.165) is 0 Å². The molecule has 7 heteroatoms. The molecule has 0 atom stereocenters. The van der Waals surface area contributed by atoms with E-state index >= 15 is 0 Å². The molecule has 0 spiro atoms. The van der Waals surface area contributed by atoms with Crippen molar-refractivity contribution in [3.8, 4) is 0 Å². The van der Waals surface area contributed by atoms with Gasteiger partial charge in [0.1, 0.15) is 0 Å². The molecule has 0 aliphatic carbocycles. The largest absolute Gasteiger partial charge is 0.362 e. The summed E-state index contributed by atoms with van der Waals surface area (Å²) in [5, 5.41) is 6.75. The van der Waals surface area contributed by atoms with Crippen LogP contribution in [-0.2, 0) is 36.1 Å². The molecule has 76 valence electrons. The van der Waals surface area contributed by atoms with Gasteiger partial charge in [0.15, 0.2) is 0 Å². The second-order valence-electron chi connectivity index (χ2n) is 1.22. The van der Waals surface area contributed by atoms with Gasteiger partial charge in [-0.25, -0.2) is 0 Å². The normalized spacial score (nSPS) is 4.85. The van der Waals surface area contributed by atoms with Crippen molar-refractivity contribution in [1.82, 2.24) is 16.0 Å². The maximum absolute atomic E-state index is 9.06. The number of rotatable bonds is 3. The zero-order valence-corrected chi connectivity index (χ0v) is 9.52. The summed E-state index contributed by atoms with van der Waals surface area (Å²) in [4.78, 5) is 27.2. The van der Waals surface area contributed by atoms with E-state index < -0.39 is 0 Å².